The van der Waals surface area contributed by atoms with Gasteiger partial charge in [-0.1, -0.05) is 5.16 Å². The molecule has 0 fully saturated rings. The van der Waals surface area contributed by atoms with Gasteiger partial charge in [0.2, 0.25) is 0 Å². The molecule has 2 rings (SSSR count). The van der Waals surface area contributed by atoms with Crippen molar-refractivity contribution in [1.29, 1.82) is 0 Å². The van der Waals surface area contributed by atoms with Gasteiger partial charge in [0.15, 0.2) is 5.58 Å². The first-order valence-corrected chi connectivity index (χ1v) is 4.19. The lowest BCUT2D eigenvalue weighted by Gasteiger charge is -1.99. The molecule has 0 bridgehead atoms. The van der Waals surface area contributed by atoms with Gasteiger partial charge in [0.1, 0.15) is 0 Å². The third-order valence-electron chi connectivity index (χ3n) is 2.23. The number of carbonyl (C=O) groups is 1. The quantitative estimate of drug-likeness (QED) is 0.750. The Balaban J connectivity index is 2.80. The van der Waals surface area contributed by atoms with Crippen LogP contribution in [0, 0.1) is 13.8 Å². The molecule has 0 aliphatic heterocycles. The van der Waals surface area contributed by atoms with E-state index in [-0.39, 0.29) is 0 Å². The molecule has 0 aliphatic carbocycles. The van der Waals surface area contributed by atoms with Gasteiger partial charge in [-0.05, 0) is 31.5 Å². The van der Waals surface area contributed by atoms with E-state index in [0.717, 1.165) is 5.39 Å². The van der Waals surface area contributed by atoms with Gasteiger partial charge in [-0.15, -0.1) is 0 Å². The standard InChI is InChI=1S/C10H9NO3/c1-5-3-9-8(6(2)11-14-9)4-7(5)10(12)13/h3-4H,1-2H3,(H,12,13). The number of nitrogens with zero attached hydrogens (tertiary/aromatic N) is 1. The Bertz CT molecular complexity index is 513. The molecule has 4 nitrogen and oxygen atoms in total. The van der Waals surface area contributed by atoms with Gasteiger partial charge in [-0.3, -0.25) is 0 Å². The molecule has 72 valence electrons. The van der Waals surface area contributed by atoms with Crippen molar-refractivity contribution in [2.45, 2.75) is 13.8 Å². The van der Waals surface area contributed by atoms with Crippen LogP contribution < -0.4 is 0 Å². The van der Waals surface area contributed by atoms with Crippen molar-refractivity contribution in [1.82, 2.24) is 5.16 Å². The predicted octanol–water partition coefficient (Wildman–Crippen LogP) is 2.14. The van der Waals surface area contributed by atoms with Gasteiger partial charge in [0, 0.05) is 5.39 Å². The number of aryl methyl sites for hydroxylation is 2. The van der Waals surface area contributed by atoms with Crippen molar-refractivity contribution < 1.29 is 14.4 Å². The Hall–Kier alpha value is -1.84. The van der Waals surface area contributed by atoms with E-state index in [2.05, 4.69) is 5.16 Å². The van der Waals surface area contributed by atoms with Crippen molar-refractivity contribution in [2.24, 2.45) is 0 Å². The van der Waals surface area contributed by atoms with Gasteiger partial charge in [0.25, 0.3) is 0 Å². The average Bonchev–Trinajstić information content (AvgIpc) is 2.46. The fourth-order valence-corrected chi connectivity index (χ4v) is 1.44. The third-order valence-corrected chi connectivity index (χ3v) is 2.23. The van der Waals surface area contributed by atoms with Crippen LogP contribution in [0.1, 0.15) is 21.6 Å². The molecular weight excluding hydrogens is 182 g/mol. The first-order valence-electron chi connectivity index (χ1n) is 4.19. The molecule has 2 aromatic rings. The van der Waals surface area contributed by atoms with Crippen molar-refractivity contribution in [3.05, 3.63) is 29.0 Å². The SMILES string of the molecule is Cc1cc2onc(C)c2cc1C(=O)O. The number of carboxylic acid groups (broad SMARTS) is 1. The molecule has 14 heavy (non-hydrogen) atoms. The number of aromatic nitrogens is 1. The Morgan fingerprint density at radius 1 is 1.43 bits per heavy atom. The van der Waals surface area contributed by atoms with E-state index in [4.69, 9.17) is 9.63 Å². The molecule has 1 N–H and O–H groups in total. The summed E-state index contributed by atoms with van der Waals surface area (Å²) in [5.41, 5.74) is 2.32. The fraction of sp³-hybridized carbons (Fsp3) is 0.200. The molecule has 0 saturated carbocycles. The number of hydrogen-bond acceptors (Lipinski definition) is 3. The molecule has 0 aliphatic rings. The van der Waals surface area contributed by atoms with Crippen molar-refractivity contribution in [2.75, 3.05) is 0 Å². The minimum Gasteiger partial charge on any atom is -0.478 e. The lowest BCUT2D eigenvalue weighted by molar-refractivity contribution is 0.0696. The van der Waals surface area contributed by atoms with Crippen molar-refractivity contribution in [3.63, 3.8) is 0 Å². The summed E-state index contributed by atoms with van der Waals surface area (Å²) in [7, 11) is 0. The highest BCUT2D eigenvalue weighted by molar-refractivity contribution is 5.95. The highest BCUT2D eigenvalue weighted by atomic mass is 16.5. The molecule has 1 heterocycles. The van der Waals surface area contributed by atoms with E-state index >= 15 is 0 Å². The minimum absolute atomic E-state index is 0.295. The molecule has 0 radical (unpaired) electrons. The van der Waals surface area contributed by atoms with Crippen LogP contribution in [0.2, 0.25) is 0 Å². The molecule has 0 unspecified atom stereocenters. The third kappa shape index (κ3) is 1.16. The molecular formula is C10H9NO3. The summed E-state index contributed by atoms with van der Waals surface area (Å²) in [5, 5.41) is 13.4. The summed E-state index contributed by atoms with van der Waals surface area (Å²) in [6.45, 7) is 3.52. The summed E-state index contributed by atoms with van der Waals surface area (Å²) in [4.78, 5) is 10.8. The Morgan fingerprint density at radius 3 is 2.79 bits per heavy atom. The monoisotopic (exact) mass is 191 g/mol. The van der Waals surface area contributed by atoms with Crippen molar-refractivity contribution in [3.8, 4) is 0 Å². The molecule has 0 spiro atoms. The van der Waals surface area contributed by atoms with Crippen LogP contribution in [-0.4, -0.2) is 16.2 Å². The van der Waals surface area contributed by atoms with Crippen LogP contribution in [0.4, 0.5) is 0 Å². The van der Waals surface area contributed by atoms with Crippen molar-refractivity contribution >= 4 is 16.9 Å². The zero-order chi connectivity index (χ0) is 10.3. The second-order valence-electron chi connectivity index (χ2n) is 3.24. The minimum atomic E-state index is -0.926. The maximum atomic E-state index is 10.8. The van der Waals surface area contributed by atoms with Crippen LogP contribution in [0.25, 0.3) is 11.0 Å². The van der Waals surface area contributed by atoms with Gasteiger partial charge >= 0.3 is 5.97 Å². The van der Waals surface area contributed by atoms with E-state index in [9.17, 15) is 4.79 Å². The van der Waals surface area contributed by atoms with Gasteiger partial charge in [0.05, 0.1) is 11.3 Å². The summed E-state index contributed by atoms with van der Waals surface area (Å²) >= 11 is 0. The number of carboxylic acids is 1. The van der Waals surface area contributed by atoms with Gasteiger partial charge in [-0.2, -0.15) is 0 Å². The lowest BCUT2D eigenvalue weighted by Crippen LogP contribution is -1.98. The maximum Gasteiger partial charge on any atom is 0.335 e. The first kappa shape index (κ1) is 8.74. The Kier molecular flexibility index (Phi) is 1.77. The average molecular weight is 191 g/mol. The van der Waals surface area contributed by atoms with Crippen LogP contribution >= 0.6 is 0 Å². The zero-order valence-corrected chi connectivity index (χ0v) is 7.87. The Labute approximate surface area is 80.1 Å². The van der Waals surface area contributed by atoms with E-state index in [1.165, 1.54) is 0 Å². The van der Waals surface area contributed by atoms with E-state index in [1.807, 2.05) is 0 Å². The molecule has 0 atom stereocenters. The maximum absolute atomic E-state index is 10.8. The van der Waals surface area contributed by atoms with Crippen LogP contribution in [-0.2, 0) is 0 Å². The van der Waals surface area contributed by atoms with Crippen LogP contribution in [0.5, 0.6) is 0 Å². The van der Waals surface area contributed by atoms with Gasteiger partial charge in [-0.25, -0.2) is 4.79 Å². The molecule has 0 saturated heterocycles. The number of benzene rings is 1. The number of rotatable bonds is 1. The molecule has 1 aromatic heterocycles. The smallest absolute Gasteiger partial charge is 0.335 e. The Morgan fingerprint density at radius 2 is 2.14 bits per heavy atom. The second kappa shape index (κ2) is 2.83. The van der Waals surface area contributed by atoms with Gasteiger partial charge < -0.3 is 9.63 Å². The van der Waals surface area contributed by atoms with E-state index < -0.39 is 5.97 Å². The molecule has 4 heteroatoms. The summed E-state index contributed by atoms with van der Waals surface area (Å²) in [6.07, 6.45) is 0. The topological polar surface area (TPSA) is 63.3 Å². The number of fused-ring (bicyclic) bond motifs is 1. The summed E-state index contributed by atoms with van der Waals surface area (Å²) < 4.78 is 5.02. The molecule has 0 amide bonds. The zero-order valence-electron chi connectivity index (χ0n) is 7.87. The second-order valence-corrected chi connectivity index (χ2v) is 3.24. The predicted molar refractivity (Wildman–Crippen MR) is 50.4 cm³/mol. The van der Waals surface area contributed by atoms with Crippen LogP contribution in [0.15, 0.2) is 16.7 Å². The van der Waals surface area contributed by atoms with E-state index in [0.29, 0.717) is 22.4 Å². The number of aromatic carboxylic acids is 1. The first-order chi connectivity index (χ1) is 6.59. The fourth-order valence-electron chi connectivity index (χ4n) is 1.44. The highest BCUT2D eigenvalue weighted by Gasteiger charge is 2.12. The highest BCUT2D eigenvalue weighted by Crippen LogP contribution is 2.22. The number of hydrogen-bond donors (Lipinski definition) is 1. The molecule has 1 aromatic carbocycles. The summed E-state index contributed by atoms with van der Waals surface area (Å²) in [6, 6.07) is 3.29. The largest absolute Gasteiger partial charge is 0.478 e. The van der Waals surface area contributed by atoms with E-state index in [1.54, 1.807) is 26.0 Å². The summed E-state index contributed by atoms with van der Waals surface area (Å²) in [5.74, 6) is -0.926. The van der Waals surface area contributed by atoms with Crippen LogP contribution in [0.3, 0.4) is 0 Å². The lowest BCUT2D eigenvalue weighted by atomic mass is 10.1. The normalized spacial score (nSPS) is 10.7.